The Bertz CT molecular complexity index is 472. The molecule has 0 saturated carbocycles. The molecule has 0 aliphatic rings. The zero-order valence-electron chi connectivity index (χ0n) is 7.18. The highest BCUT2D eigenvalue weighted by atomic mass is 19.4. The van der Waals surface area contributed by atoms with E-state index in [1.165, 1.54) is 6.20 Å². The normalized spacial score (nSPS) is 12.3. The number of nitrogens with one attached hydrogen (secondary N) is 1. The Balaban J connectivity index is 2.63. The number of alkyl halides is 3. The third-order valence-electron chi connectivity index (χ3n) is 1.92. The van der Waals surface area contributed by atoms with Gasteiger partial charge in [0.2, 0.25) is 0 Å². The number of fused-ring (bicyclic) bond motifs is 1. The molecule has 1 N–H and O–H groups in total. The monoisotopic (exact) mass is 201 g/mol. The van der Waals surface area contributed by atoms with Gasteiger partial charge in [0.1, 0.15) is 5.69 Å². The summed E-state index contributed by atoms with van der Waals surface area (Å²) >= 11 is 0. The van der Waals surface area contributed by atoms with Gasteiger partial charge < -0.3 is 0 Å². The average molecular weight is 201 g/mol. The van der Waals surface area contributed by atoms with E-state index in [1.807, 2.05) is 0 Å². The number of hydrogen-bond acceptors (Lipinski definition) is 2. The maximum atomic E-state index is 12.2. The number of nitrogens with zero attached hydrogens (tertiary/aromatic N) is 2. The van der Waals surface area contributed by atoms with Crippen LogP contribution < -0.4 is 0 Å². The van der Waals surface area contributed by atoms with Gasteiger partial charge in [-0.1, -0.05) is 0 Å². The van der Waals surface area contributed by atoms with E-state index in [0.717, 1.165) is 6.07 Å². The van der Waals surface area contributed by atoms with Gasteiger partial charge in [-0.15, -0.1) is 0 Å². The lowest BCUT2D eigenvalue weighted by Crippen LogP contribution is -2.07. The molecule has 2 rings (SSSR count). The molecule has 74 valence electrons. The average Bonchev–Trinajstić information content (AvgIpc) is 2.46. The second-order valence-electron chi connectivity index (χ2n) is 2.93. The Morgan fingerprint density at radius 2 is 2.07 bits per heavy atom. The minimum Gasteiger partial charge on any atom is -0.282 e. The Morgan fingerprint density at radius 3 is 2.71 bits per heavy atom. The van der Waals surface area contributed by atoms with E-state index in [9.17, 15) is 13.2 Å². The van der Waals surface area contributed by atoms with E-state index in [-0.39, 0.29) is 5.52 Å². The summed E-state index contributed by atoms with van der Waals surface area (Å²) in [6, 6.07) is 0.929. The minimum absolute atomic E-state index is 0.282. The second-order valence-corrected chi connectivity index (χ2v) is 2.93. The molecule has 0 aromatic carbocycles. The third kappa shape index (κ3) is 1.32. The molecule has 0 unspecified atom stereocenters. The summed E-state index contributed by atoms with van der Waals surface area (Å²) in [6.07, 6.45) is -3.24. The number of rotatable bonds is 0. The molecule has 14 heavy (non-hydrogen) atoms. The first-order valence-electron chi connectivity index (χ1n) is 3.86. The van der Waals surface area contributed by atoms with Gasteiger partial charge >= 0.3 is 6.18 Å². The molecule has 0 aliphatic heterocycles. The van der Waals surface area contributed by atoms with E-state index >= 15 is 0 Å². The van der Waals surface area contributed by atoms with Gasteiger partial charge in [0.05, 0.1) is 5.52 Å². The molecular formula is C8H6F3N3. The van der Waals surface area contributed by atoms with Gasteiger partial charge in [0.15, 0.2) is 0 Å². The summed E-state index contributed by atoms with van der Waals surface area (Å²) in [5, 5.41) is 6.93. The summed E-state index contributed by atoms with van der Waals surface area (Å²) in [7, 11) is 0. The predicted molar refractivity (Wildman–Crippen MR) is 43.6 cm³/mol. The smallest absolute Gasteiger partial charge is 0.282 e. The molecule has 0 amide bonds. The van der Waals surface area contributed by atoms with E-state index in [0.29, 0.717) is 11.1 Å². The SMILES string of the molecule is Cc1[nH]nc2cc(C(F)(F)F)ncc12. The lowest BCUT2D eigenvalue weighted by Gasteiger charge is -2.03. The number of aromatic amines is 1. The van der Waals surface area contributed by atoms with Gasteiger partial charge in [-0.3, -0.25) is 10.1 Å². The van der Waals surface area contributed by atoms with Crippen molar-refractivity contribution in [3.63, 3.8) is 0 Å². The highest BCUT2D eigenvalue weighted by Crippen LogP contribution is 2.29. The van der Waals surface area contributed by atoms with Crippen molar-refractivity contribution in [1.29, 1.82) is 0 Å². The maximum absolute atomic E-state index is 12.2. The number of aromatic nitrogens is 3. The Hall–Kier alpha value is -1.59. The highest BCUT2D eigenvalue weighted by molar-refractivity contribution is 5.80. The standard InChI is InChI=1S/C8H6F3N3/c1-4-5-3-12-7(8(9,10)11)2-6(5)14-13-4/h2-3H,1H3,(H,13,14). The van der Waals surface area contributed by atoms with Crippen molar-refractivity contribution in [2.24, 2.45) is 0 Å². The highest BCUT2D eigenvalue weighted by Gasteiger charge is 2.32. The molecule has 0 atom stereocenters. The van der Waals surface area contributed by atoms with Crippen molar-refractivity contribution in [2.75, 3.05) is 0 Å². The Kier molecular flexibility index (Phi) is 1.73. The molecule has 2 aromatic rings. The zero-order valence-corrected chi connectivity index (χ0v) is 7.18. The van der Waals surface area contributed by atoms with Crippen LogP contribution in [0.3, 0.4) is 0 Å². The van der Waals surface area contributed by atoms with Crippen molar-refractivity contribution in [3.05, 3.63) is 23.7 Å². The number of aryl methyl sites for hydroxylation is 1. The fraction of sp³-hybridized carbons (Fsp3) is 0.250. The molecule has 0 fully saturated rings. The van der Waals surface area contributed by atoms with E-state index < -0.39 is 11.9 Å². The molecule has 0 spiro atoms. The van der Waals surface area contributed by atoms with Crippen LogP contribution in [-0.2, 0) is 6.18 Å². The first-order chi connectivity index (χ1) is 6.48. The fourth-order valence-electron chi connectivity index (χ4n) is 1.19. The molecule has 2 heterocycles. The zero-order chi connectivity index (χ0) is 10.3. The van der Waals surface area contributed by atoms with Gasteiger partial charge in [0.25, 0.3) is 0 Å². The largest absolute Gasteiger partial charge is 0.433 e. The Labute approximate surface area is 77.0 Å². The van der Waals surface area contributed by atoms with Crippen LogP contribution in [0.1, 0.15) is 11.4 Å². The quantitative estimate of drug-likeness (QED) is 0.710. The summed E-state index contributed by atoms with van der Waals surface area (Å²) in [5.41, 5.74) is 0.0718. The molecule has 2 aromatic heterocycles. The first-order valence-corrected chi connectivity index (χ1v) is 3.86. The van der Waals surface area contributed by atoms with Crippen molar-refractivity contribution >= 4 is 10.9 Å². The van der Waals surface area contributed by atoms with Gasteiger partial charge in [0, 0.05) is 17.3 Å². The van der Waals surface area contributed by atoms with Crippen molar-refractivity contribution in [3.8, 4) is 0 Å². The molecule has 0 bridgehead atoms. The summed E-state index contributed by atoms with van der Waals surface area (Å²) in [6.45, 7) is 1.73. The van der Waals surface area contributed by atoms with Crippen LogP contribution in [0.5, 0.6) is 0 Å². The van der Waals surface area contributed by atoms with Crippen LogP contribution in [0.4, 0.5) is 13.2 Å². The molecule has 0 radical (unpaired) electrons. The lowest BCUT2D eigenvalue weighted by molar-refractivity contribution is -0.141. The summed E-state index contributed by atoms with van der Waals surface area (Å²) in [5.74, 6) is 0. The first kappa shape index (κ1) is 8.98. The fourth-order valence-corrected chi connectivity index (χ4v) is 1.19. The van der Waals surface area contributed by atoms with E-state index in [4.69, 9.17) is 0 Å². The number of H-pyrrole nitrogens is 1. The van der Waals surface area contributed by atoms with Gasteiger partial charge in [-0.25, -0.2) is 0 Å². The molecular weight excluding hydrogens is 195 g/mol. The van der Waals surface area contributed by atoms with Crippen LogP contribution >= 0.6 is 0 Å². The van der Waals surface area contributed by atoms with Crippen LogP contribution in [0.15, 0.2) is 12.3 Å². The maximum Gasteiger partial charge on any atom is 0.433 e. The molecule has 0 saturated heterocycles. The molecule has 6 heteroatoms. The van der Waals surface area contributed by atoms with Gasteiger partial charge in [-0.05, 0) is 13.0 Å². The third-order valence-corrected chi connectivity index (χ3v) is 1.92. The lowest BCUT2D eigenvalue weighted by atomic mass is 10.2. The van der Waals surface area contributed by atoms with Crippen LogP contribution in [0, 0.1) is 6.92 Å². The minimum atomic E-state index is -4.42. The van der Waals surface area contributed by atoms with Crippen molar-refractivity contribution in [2.45, 2.75) is 13.1 Å². The summed E-state index contributed by atoms with van der Waals surface area (Å²) in [4.78, 5) is 3.33. The predicted octanol–water partition coefficient (Wildman–Crippen LogP) is 2.29. The van der Waals surface area contributed by atoms with Crippen LogP contribution in [0.2, 0.25) is 0 Å². The molecule has 3 nitrogen and oxygen atoms in total. The Morgan fingerprint density at radius 1 is 1.36 bits per heavy atom. The number of halogens is 3. The van der Waals surface area contributed by atoms with Crippen molar-refractivity contribution in [1.82, 2.24) is 15.2 Å². The van der Waals surface area contributed by atoms with Crippen LogP contribution in [0.25, 0.3) is 10.9 Å². The van der Waals surface area contributed by atoms with Gasteiger partial charge in [-0.2, -0.15) is 18.3 Å². The number of hydrogen-bond donors (Lipinski definition) is 1. The molecule has 0 aliphatic carbocycles. The number of pyridine rings is 1. The van der Waals surface area contributed by atoms with Crippen LogP contribution in [-0.4, -0.2) is 15.2 Å². The van der Waals surface area contributed by atoms with E-state index in [1.54, 1.807) is 6.92 Å². The summed E-state index contributed by atoms with van der Waals surface area (Å²) < 4.78 is 36.7. The topological polar surface area (TPSA) is 41.6 Å². The second kappa shape index (κ2) is 2.70. The van der Waals surface area contributed by atoms with Crippen molar-refractivity contribution < 1.29 is 13.2 Å². The van der Waals surface area contributed by atoms with E-state index in [2.05, 4.69) is 15.2 Å².